The minimum atomic E-state index is 0.870. The molecular formula is C12H21N. The van der Waals surface area contributed by atoms with Gasteiger partial charge in [-0.25, -0.2) is 0 Å². The number of likely N-dealkylation sites (tertiary alicyclic amines) is 1. The fraction of sp³-hybridized carbons (Fsp3) is 1.00. The van der Waals surface area contributed by atoms with E-state index in [1.807, 2.05) is 0 Å². The van der Waals surface area contributed by atoms with E-state index in [1.54, 1.807) is 12.8 Å². The summed E-state index contributed by atoms with van der Waals surface area (Å²) in [4.78, 5) is 2.73. The van der Waals surface area contributed by atoms with E-state index in [4.69, 9.17) is 0 Å². The molecule has 1 nitrogen and oxygen atoms in total. The molecule has 0 aromatic rings. The first kappa shape index (κ1) is 8.28. The van der Waals surface area contributed by atoms with Gasteiger partial charge in [-0.05, 0) is 42.6 Å². The van der Waals surface area contributed by atoms with Crippen molar-refractivity contribution in [1.29, 1.82) is 0 Å². The van der Waals surface area contributed by atoms with Gasteiger partial charge in [-0.2, -0.15) is 0 Å². The topological polar surface area (TPSA) is 3.24 Å². The standard InChI is InChI=1S/C12H21N/c1-4-13-7-9-10(11(13)8(2)3)12(9)5-6-12/h8-11H,4-7H2,1-3H3. The fourth-order valence-corrected chi connectivity index (χ4v) is 4.11. The van der Waals surface area contributed by atoms with Gasteiger partial charge >= 0.3 is 0 Å². The summed E-state index contributed by atoms with van der Waals surface area (Å²) < 4.78 is 0. The lowest BCUT2D eigenvalue weighted by molar-refractivity contribution is 0.165. The van der Waals surface area contributed by atoms with Gasteiger partial charge in [-0.15, -0.1) is 0 Å². The van der Waals surface area contributed by atoms with Crippen molar-refractivity contribution in [3.63, 3.8) is 0 Å². The van der Waals surface area contributed by atoms with E-state index in [0.717, 1.165) is 29.2 Å². The summed E-state index contributed by atoms with van der Waals surface area (Å²) in [5.74, 6) is 3.09. The van der Waals surface area contributed by atoms with E-state index in [9.17, 15) is 0 Å². The molecule has 1 spiro atoms. The van der Waals surface area contributed by atoms with Gasteiger partial charge in [0.05, 0.1) is 0 Å². The smallest absolute Gasteiger partial charge is 0.0155 e. The zero-order valence-corrected chi connectivity index (χ0v) is 9.09. The van der Waals surface area contributed by atoms with Crippen LogP contribution in [-0.4, -0.2) is 24.0 Å². The van der Waals surface area contributed by atoms with Crippen molar-refractivity contribution in [2.45, 2.75) is 39.7 Å². The molecule has 0 aromatic heterocycles. The highest BCUT2D eigenvalue weighted by molar-refractivity contribution is 5.26. The molecule has 0 bridgehead atoms. The van der Waals surface area contributed by atoms with Crippen LogP contribution in [0.2, 0.25) is 0 Å². The van der Waals surface area contributed by atoms with E-state index in [0.29, 0.717) is 0 Å². The van der Waals surface area contributed by atoms with Crippen molar-refractivity contribution in [3.05, 3.63) is 0 Å². The summed E-state index contributed by atoms with van der Waals surface area (Å²) >= 11 is 0. The Morgan fingerprint density at radius 1 is 1.38 bits per heavy atom. The van der Waals surface area contributed by atoms with Crippen molar-refractivity contribution in [2.24, 2.45) is 23.2 Å². The summed E-state index contributed by atoms with van der Waals surface area (Å²) in [6.45, 7) is 9.82. The average molecular weight is 179 g/mol. The Labute approximate surface area is 81.5 Å². The van der Waals surface area contributed by atoms with Crippen LogP contribution < -0.4 is 0 Å². The second kappa shape index (κ2) is 2.31. The highest BCUT2D eigenvalue weighted by Crippen LogP contribution is 2.79. The van der Waals surface area contributed by atoms with Crippen molar-refractivity contribution in [2.75, 3.05) is 13.1 Å². The maximum atomic E-state index is 2.73. The molecule has 13 heavy (non-hydrogen) atoms. The third kappa shape index (κ3) is 0.869. The third-order valence-corrected chi connectivity index (χ3v) is 4.86. The molecular weight excluding hydrogens is 158 g/mol. The number of nitrogens with zero attached hydrogens (tertiary/aromatic N) is 1. The summed E-state index contributed by atoms with van der Waals surface area (Å²) in [7, 11) is 0. The van der Waals surface area contributed by atoms with Crippen LogP contribution in [0.4, 0.5) is 0 Å². The maximum absolute atomic E-state index is 2.73. The van der Waals surface area contributed by atoms with Crippen molar-refractivity contribution < 1.29 is 0 Å². The number of hydrogen-bond acceptors (Lipinski definition) is 1. The van der Waals surface area contributed by atoms with Gasteiger partial charge in [0, 0.05) is 12.6 Å². The molecule has 1 heteroatoms. The molecule has 0 aromatic carbocycles. The quantitative estimate of drug-likeness (QED) is 0.629. The second-order valence-electron chi connectivity index (χ2n) is 5.69. The number of fused-ring (bicyclic) bond motifs is 3. The molecule has 1 saturated heterocycles. The van der Waals surface area contributed by atoms with Crippen LogP contribution in [0, 0.1) is 23.2 Å². The number of piperidine rings is 1. The molecule has 3 unspecified atom stereocenters. The third-order valence-electron chi connectivity index (χ3n) is 4.86. The Bertz CT molecular complexity index is 229. The Balaban J connectivity index is 1.80. The minimum absolute atomic E-state index is 0.870. The van der Waals surface area contributed by atoms with E-state index in [-0.39, 0.29) is 0 Å². The van der Waals surface area contributed by atoms with Crippen LogP contribution in [0.3, 0.4) is 0 Å². The highest BCUT2D eigenvalue weighted by atomic mass is 15.2. The first-order chi connectivity index (χ1) is 6.20. The van der Waals surface area contributed by atoms with Crippen LogP contribution >= 0.6 is 0 Å². The van der Waals surface area contributed by atoms with Gasteiger partial charge in [0.1, 0.15) is 0 Å². The molecule has 0 radical (unpaired) electrons. The largest absolute Gasteiger partial charge is 0.300 e. The highest BCUT2D eigenvalue weighted by Gasteiger charge is 2.76. The van der Waals surface area contributed by atoms with Crippen LogP contribution in [0.25, 0.3) is 0 Å². The maximum Gasteiger partial charge on any atom is 0.0155 e. The first-order valence-electron chi connectivity index (χ1n) is 5.95. The normalized spacial score (nSPS) is 45.7. The van der Waals surface area contributed by atoms with Crippen LogP contribution in [0.15, 0.2) is 0 Å². The Hall–Kier alpha value is -0.0400. The van der Waals surface area contributed by atoms with Gasteiger partial charge < -0.3 is 0 Å². The van der Waals surface area contributed by atoms with Gasteiger partial charge in [0.15, 0.2) is 0 Å². The molecule has 1 aliphatic heterocycles. The van der Waals surface area contributed by atoms with Crippen LogP contribution in [0.1, 0.15) is 33.6 Å². The predicted molar refractivity (Wildman–Crippen MR) is 54.5 cm³/mol. The van der Waals surface area contributed by atoms with E-state index >= 15 is 0 Å². The van der Waals surface area contributed by atoms with Gasteiger partial charge in [0.25, 0.3) is 0 Å². The summed E-state index contributed by atoms with van der Waals surface area (Å²) in [6.07, 6.45) is 3.12. The van der Waals surface area contributed by atoms with Crippen molar-refractivity contribution >= 4 is 0 Å². The fourth-order valence-electron chi connectivity index (χ4n) is 4.11. The summed E-state index contributed by atoms with van der Waals surface area (Å²) in [5.41, 5.74) is 0.903. The Morgan fingerprint density at radius 3 is 2.54 bits per heavy atom. The predicted octanol–water partition coefficient (Wildman–Crippen LogP) is 2.37. The Morgan fingerprint density at radius 2 is 2.08 bits per heavy atom. The molecule has 3 atom stereocenters. The van der Waals surface area contributed by atoms with E-state index < -0.39 is 0 Å². The molecule has 3 rings (SSSR count). The molecule has 2 aliphatic carbocycles. The van der Waals surface area contributed by atoms with E-state index in [2.05, 4.69) is 25.7 Å². The minimum Gasteiger partial charge on any atom is -0.300 e. The lowest BCUT2D eigenvalue weighted by atomic mass is 9.97. The lowest BCUT2D eigenvalue weighted by Gasteiger charge is -2.30. The van der Waals surface area contributed by atoms with Crippen molar-refractivity contribution in [1.82, 2.24) is 4.90 Å². The van der Waals surface area contributed by atoms with Gasteiger partial charge in [-0.1, -0.05) is 20.8 Å². The monoisotopic (exact) mass is 179 g/mol. The molecule has 1 heterocycles. The summed E-state index contributed by atoms with van der Waals surface area (Å²) in [6, 6.07) is 0.928. The van der Waals surface area contributed by atoms with Gasteiger partial charge in [0.2, 0.25) is 0 Å². The molecule has 0 amide bonds. The van der Waals surface area contributed by atoms with E-state index in [1.165, 1.54) is 13.1 Å². The zero-order valence-electron chi connectivity index (χ0n) is 9.09. The number of hydrogen-bond donors (Lipinski definition) is 0. The molecule has 74 valence electrons. The average Bonchev–Trinajstić information content (AvgIpc) is 2.94. The van der Waals surface area contributed by atoms with Crippen LogP contribution in [0.5, 0.6) is 0 Å². The molecule has 3 aliphatic rings. The SMILES string of the molecule is CCN1CC2C(C1C(C)C)C21CC1. The molecule has 3 fully saturated rings. The van der Waals surface area contributed by atoms with Gasteiger partial charge in [-0.3, -0.25) is 4.90 Å². The van der Waals surface area contributed by atoms with Crippen LogP contribution in [-0.2, 0) is 0 Å². The molecule has 0 N–H and O–H groups in total. The number of rotatable bonds is 2. The first-order valence-corrected chi connectivity index (χ1v) is 5.95. The Kier molecular flexibility index (Phi) is 1.47. The zero-order chi connectivity index (χ0) is 9.22. The lowest BCUT2D eigenvalue weighted by Crippen LogP contribution is -2.38. The van der Waals surface area contributed by atoms with Crippen molar-refractivity contribution in [3.8, 4) is 0 Å². The summed E-state index contributed by atoms with van der Waals surface area (Å²) in [5, 5.41) is 0. The second-order valence-corrected chi connectivity index (χ2v) is 5.69. The molecule has 2 saturated carbocycles.